The SMILES string of the molecule is CN1[C@H](C2CCCCC2)CN(c2ccccc2)c2cc(Cl)c(-c3ccc(NC(=O)OCc4ccccc4)c(C(=O)O)c3)cc2S1(=O)=O. The Morgan fingerprint density at radius 2 is 1.62 bits per heavy atom. The molecule has 244 valence electrons. The lowest BCUT2D eigenvalue weighted by molar-refractivity contribution is 0.0698. The number of amides is 1. The first kappa shape index (κ1) is 32.6. The number of rotatable bonds is 7. The standard InChI is InChI=1S/C36H36ClN3O6S/c1-39-33(25-13-7-3-8-14-25)22-40(27-15-9-4-10-16-27)32-21-30(37)28(20-34(32)47(39,44)45)26-17-18-31(29(19-26)35(41)42)38-36(43)46-23-24-11-5-2-6-12-24/h2,4-6,9-12,15-21,25,33H,3,7-8,13-14,22-23H2,1H3,(H,38,43)(H,41,42)/t33-/m0/s1. The summed E-state index contributed by atoms with van der Waals surface area (Å²) in [5, 5.41) is 12.8. The maximum absolute atomic E-state index is 14.4. The van der Waals surface area contributed by atoms with Crippen molar-refractivity contribution in [3.63, 3.8) is 0 Å². The van der Waals surface area contributed by atoms with Crippen molar-refractivity contribution in [1.82, 2.24) is 4.31 Å². The van der Waals surface area contributed by atoms with Gasteiger partial charge in [0.15, 0.2) is 0 Å². The van der Waals surface area contributed by atoms with Gasteiger partial charge in [-0.3, -0.25) is 5.32 Å². The van der Waals surface area contributed by atoms with Crippen molar-refractivity contribution < 1.29 is 27.9 Å². The second kappa shape index (κ2) is 13.8. The molecule has 4 aromatic carbocycles. The number of para-hydroxylation sites is 1. The molecular formula is C36H36ClN3O6S. The predicted molar refractivity (Wildman–Crippen MR) is 183 cm³/mol. The molecule has 1 heterocycles. The van der Waals surface area contributed by atoms with Crippen LogP contribution in [0.3, 0.4) is 0 Å². The van der Waals surface area contributed by atoms with E-state index in [0.717, 1.165) is 43.4 Å². The van der Waals surface area contributed by atoms with Crippen LogP contribution in [0.5, 0.6) is 0 Å². The first-order chi connectivity index (χ1) is 22.6. The van der Waals surface area contributed by atoms with Crippen molar-refractivity contribution in [3.8, 4) is 11.1 Å². The summed E-state index contributed by atoms with van der Waals surface area (Å²) in [4.78, 5) is 27.0. The number of likely N-dealkylation sites (N-methyl/N-ethyl adjacent to an activating group) is 1. The van der Waals surface area contributed by atoms with Crippen LogP contribution >= 0.6 is 11.6 Å². The molecule has 6 rings (SSSR count). The van der Waals surface area contributed by atoms with E-state index in [4.69, 9.17) is 16.3 Å². The Labute approximate surface area is 279 Å². The zero-order chi connectivity index (χ0) is 33.1. The minimum Gasteiger partial charge on any atom is -0.478 e. The summed E-state index contributed by atoms with van der Waals surface area (Å²) < 4.78 is 35.5. The van der Waals surface area contributed by atoms with Crippen LogP contribution in [0.4, 0.5) is 21.9 Å². The topological polar surface area (TPSA) is 116 Å². The van der Waals surface area contributed by atoms with E-state index < -0.39 is 22.1 Å². The maximum Gasteiger partial charge on any atom is 0.411 e. The van der Waals surface area contributed by atoms with E-state index in [-0.39, 0.29) is 39.7 Å². The van der Waals surface area contributed by atoms with Crippen LogP contribution in [0.15, 0.2) is 95.9 Å². The van der Waals surface area contributed by atoms with Crippen molar-refractivity contribution in [3.05, 3.63) is 107 Å². The fourth-order valence-corrected chi connectivity index (χ4v) is 8.47. The molecule has 0 radical (unpaired) electrons. The van der Waals surface area contributed by atoms with Gasteiger partial charge in [0, 0.05) is 30.9 Å². The van der Waals surface area contributed by atoms with Gasteiger partial charge in [-0.15, -0.1) is 0 Å². The second-order valence-electron chi connectivity index (χ2n) is 12.0. The number of nitrogens with zero attached hydrogens (tertiary/aromatic N) is 2. The second-order valence-corrected chi connectivity index (χ2v) is 14.4. The zero-order valence-electron chi connectivity index (χ0n) is 25.9. The molecule has 1 amide bonds. The number of hydrogen-bond acceptors (Lipinski definition) is 6. The highest BCUT2D eigenvalue weighted by atomic mass is 35.5. The summed E-state index contributed by atoms with van der Waals surface area (Å²) in [6.45, 7) is 0.486. The van der Waals surface area contributed by atoms with Crippen LogP contribution in [-0.4, -0.2) is 49.5 Å². The molecule has 1 fully saturated rings. The Morgan fingerprint density at radius 3 is 2.30 bits per heavy atom. The summed E-state index contributed by atoms with van der Waals surface area (Å²) in [6.07, 6.45) is 4.43. The molecule has 0 unspecified atom stereocenters. The third-order valence-corrected chi connectivity index (χ3v) is 11.3. The Morgan fingerprint density at radius 1 is 0.936 bits per heavy atom. The number of carbonyl (C=O) groups excluding carboxylic acids is 1. The predicted octanol–water partition coefficient (Wildman–Crippen LogP) is 8.18. The van der Waals surface area contributed by atoms with E-state index in [1.807, 2.05) is 65.6 Å². The minimum atomic E-state index is -3.98. The van der Waals surface area contributed by atoms with Gasteiger partial charge in [-0.1, -0.05) is 85.5 Å². The lowest BCUT2D eigenvalue weighted by Gasteiger charge is -2.36. The molecule has 1 aliphatic carbocycles. The number of fused-ring (bicyclic) bond motifs is 1. The summed E-state index contributed by atoms with van der Waals surface area (Å²) in [7, 11) is -2.33. The molecule has 1 saturated carbocycles. The fourth-order valence-electron chi connectivity index (χ4n) is 6.60. The normalized spacial score (nSPS) is 18.2. The van der Waals surface area contributed by atoms with E-state index in [1.165, 1.54) is 22.5 Å². The van der Waals surface area contributed by atoms with Crippen LogP contribution in [-0.2, 0) is 21.4 Å². The summed E-state index contributed by atoms with van der Waals surface area (Å²) in [5.74, 6) is -1.06. The van der Waals surface area contributed by atoms with Crippen molar-refractivity contribution in [2.75, 3.05) is 23.8 Å². The van der Waals surface area contributed by atoms with Crippen LogP contribution in [0.25, 0.3) is 11.1 Å². The van der Waals surface area contributed by atoms with Crippen molar-refractivity contribution in [1.29, 1.82) is 0 Å². The number of sulfonamides is 1. The largest absolute Gasteiger partial charge is 0.478 e. The number of halogens is 1. The van der Waals surface area contributed by atoms with E-state index in [9.17, 15) is 23.1 Å². The molecule has 9 nitrogen and oxygen atoms in total. The molecule has 0 bridgehead atoms. The molecule has 1 aliphatic heterocycles. The molecule has 47 heavy (non-hydrogen) atoms. The van der Waals surface area contributed by atoms with Gasteiger partial charge in [0.2, 0.25) is 10.0 Å². The van der Waals surface area contributed by atoms with Gasteiger partial charge in [0.05, 0.1) is 22.0 Å². The van der Waals surface area contributed by atoms with Gasteiger partial charge in [-0.2, -0.15) is 4.31 Å². The number of carbonyl (C=O) groups is 2. The van der Waals surface area contributed by atoms with Gasteiger partial charge < -0.3 is 14.7 Å². The number of carboxylic acids is 1. The smallest absolute Gasteiger partial charge is 0.411 e. The summed E-state index contributed by atoms with van der Waals surface area (Å²) in [6, 6.07) is 26.1. The number of benzene rings is 4. The number of aromatic carboxylic acids is 1. The average molecular weight is 674 g/mol. The van der Waals surface area contributed by atoms with Gasteiger partial charge >= 0.3 is 12.1 Å². The lowest BCUT2D eigenvalue weighted by Crippen LogP contribution is -2.46. The van der Waals surface area contributed by atoms with Crippen molar-refractivity contribution >= 4 is 50.7 Å². The summed E-state index contributed by atoms with van der Waals surface area (Å²) in [5.41, 5.74) is 2.67. The molecule has 2 aliphatic rings. The molecule has 0 aromatic heterocycles. The molecule has 1 atom stereocenters. The van der Waals surface area contributed by atoms with Crippen LogP contribution in [0.2, 0.25) is 5.02 Å². The van der Waals surface area contributed by atoms with E-state index in [2.05, 4.69) is 5.32 Å². The third kappa shape index (κ3) is 6.86. The van der Waals surface area contributed by atoms with Crippen LogP contribution < -0.4 is 10.2 Å². The van der Waals surface area contributed by atoms with E-state index in [0.29, 0.717) is 23.4 Å². The van der Waals surface area contributed by atoms with Crippen molar-refractivity contribution in [2.45, 2.75) is 49.6 Å². The van der Waals surface area contributed by atoms with Gasteiger partial charge in [-0.05, 0) is 66.3 Å². The van der Waals surface area contributed by atoms with Gasteiger partial charge in [-0.25, -0.2) is 18.0 Å². The fraction of sp³-hybridized carbons (Fsp3) is 0.278. The highest BCUT2D eigenvalue weighted by Gasteiger charge is 2.41. The number of anilines is 3. The number of ether oxygens (including phenoxy) is 1. The zero-order valence-corrected chi connectivity index (χ0v) is 27.5. The third-order valence-electron chi connectivity index (χ3n) is 9.11. The Balaban J connectivity index is 1.38. The molecule has 11 heteroatoms. The van der Waals surface area contributed by atoms with Crippen molar-refractivity contribution in [2.24, 2.45) is 5.92 Å². The lowest BCUT2D eigenvalue weighted by atomic mass is 9.83. The molecular weight excluding hydrogens is 638 g/mol. The molecule has 0 saturated heterocycles. The molecule has 0 spiro atoms. The average Bonchev–Trinajstić information content (AvgIpc) is 3.16. The number of hydrogen-bond donors (Lipinski definition) is 2. The first-order valence-electron chi connectivity index (χ1n) is 15.6. The molecule has 2 N–H and O–H groups in total. The van der Waals surface area contributed by atoms with Crippen LogP contribution in [0.1, 0.15) is 48.0 Å². The van der Waals surface area contributed by atoms with Gasteiger partial charge in [0.1, 0.15) is 11.5 Å². The Bertz CT molecular complexity index is 1880. The van der Waals surface area contributed by atoms with E-state index >= 15 is 0 Å². The van der Waals surface area contributed by atoms with E-state index in [1.54, 1.807) is 19.2 Å². The Kier molecular flexibility index (Phi) is 9.54. The first-order valence-corrected chi connectivity index (χ1v) is 17.4. The van der Waals surface area contributed by atoms with Crippen LogP contribution in [0, 0.1) is 5.92 Å². The maximum atomic E-state index is 14.4. The summed E-state index contributed by atoms with van der Waals surface area (Å²) >= 11 is 6.90. The highest BCUT2D eigenvalue weighted by molar-refractivity contribution is 7.89. The number of nitrogens with one attached hydrogen (secondary N) is 1. The number of carboxylic acid groups (broad SMARTS) is 1. The van der Waals surface area contributed by atoms with Gasteiger partial charge in [0.25, 0.3) is 0 Å². The highest BCUT2D eigenvalue weighted by Crippen LogP contribution is 2.45. The monoisotopic (exact) mass is 673 g/mol. The Hall–Kier alpha value is -4.38. The molecule has 4 aromatic rings. The quantitative estimate of drug-likeness (QED) is 0.203. The minimum absolute atomic E-state index is 0.0163.